The Balaban J connectivity index is 1.56. The highest BCUT2D eigenvalue weighted by atomic mass is 16.4. The summed E-state index contributed by atoms with van der Waals surface area (Å²) in [5, 5.41) is 21.5. The quantitative estimate of drug-likeness (QED) is 0.420. The average Bonchev–Trinajstić information content (AvgIpc) is 3.18. The fraction of sp³-hybridized carbons (Fsp3) is 0.903. The van der Waals surface area contributed by atoms with Crippen LogP contribution in [-0.2, 0) is 4.79 Å². The zero-order valence-corrected chi connectivity index (χ0v) is 22.8. The smallest absolute Gasteiger partial charge is 0.309 e. The summed E-state index contributed by atoms with van der Waals surface area (Å²) in [6, 6.07) is 0. The highest BCUT2D eigenvalue weighted by Crippen LogP contribution is 2.77. The highest BCUT2D eigenvalue weighted by molar-refractivity contribution is 5.76. The third-order valence-corrected chi connectivity index (χ3v) is 13.8. The summed E-state index contributed by atoms with van der Waals surface area (Å²) in [5.41, 5.74) is 1.44. The molecule has 0 amide bonds. The molecule has 0 bridgehead atoms. The molecule has 0 heterocycles. The Morgan fingerprint density at radius 3 is 2.21 bits per heavy atom. The Morgan fingerprint density at radius 1 is 0.853 bits per heavy atom. The Morgan fingerprint density at radius 2 is 1.56 bits per heavy atom. The minimum absolute atomic E-state index is 0.0213. The van der Waals surface area contributed by atoms with Crippen molar-refractivity contribution in [3.05, 3.63) is 12.2 Å². The summed E-state index contributed by atoms with van der Waals surface area (Å²) in [7, 11) is 0. The third-order valence-electron chi connectivity index (χ3n) is 13.8. The molecule has 0 aromatic rings. The lowest BCUT2D eigenvalue weighted by molar-refractivity contribution is -0.248. The van der Waals surface area contributed by atoms with E-state index in [2.05, 4.69) is 48.1 Å². The van der Waals surface area contributed by atoms with E-state index < -0.39 is 11.4 Å². The molecule has 10 atom stereocenters. The van der Waals surface area contributed by atoms with E-state index in [4.69, 9.17) is 0 Å². The molecule has 0 aromatic heterocycles. The van der Waals surface area contributed by atoms with Crippen molar-refractivity contribution in [3.8, 4) is 0 Å². The van der Waals surface area contributed by atoms with Crippen LogP contribution in [0, 0.1) is 56.7 Å². The lowest BCUT2D eigenvalue weighted by Gasteiger charge is -2.72. The first kappa shape index (κ1) is 24.8. The van der Waals surface area contributed by atoms with Gasteiger partial charge in [-0.1, -0.05) is 53.7 Å². The second kappa shape index (κ2) is 7.59. The molecule has 0 saturated heterocycles. The minimum atomic E-state index is -0.534. The van der Waals surface area contributed by atoms with E-state index >= 15 is 0 Å². The van der Waals surface area contributed by atoms with Gasteiger partial charge in [-0.25, -0.2) is 0 Å². The molecule has 0 aliphatic heterocycles. The Kier molecular flexibility index (Phi) is 5.55. The van der Waals surface area contributed by atoms with Crippen molar-refractivity contribution >= 4 is 5.97 Å². The van der Waals surface area contributed by atoms with E-state index in [0.717, 1.165) is 44.9 Å². The molecule has 34 heavy (non-hydrogen) atoms. The summed E-state index contributed by atoms with van der Waals surface area (Å²) < 4.78 is 0. The molecule has 5 fully saturated rings. The summed E-state index contributed by atoms with van der Waals surface area (Å²) in [6.45, 7) is 19.0. The van der Waals surface area contributed by atoms with E-state index in [9.17, 15) is 15.0 Å². The molecular weight excluding hydrogens is 420 g/mol. The van der Waals surface area contributed by atoms with Crippen molar-refractivity contribution in [1.29, 1.82) is 0 Å². The number of aliphatic carboxylic acids is 1. The molecule has 3 heteroatoms. The monoisotopic (exact) mass is 470 g/mol. The van der Waals surface area contributed by atoms with Gasteiger partial charge in [-0.3, -0.25) is 4.79 Å². The zero-order chi connectivity index (χ0) is 24.9. The normalized spacial score (nSPS) is 53.7. The van der Waals surface area contributed by atoms with E-state index in [1.54, 1.807) is 0 Å². The van der Waals surface area contributed by atoms with Crippen LogP contribution in [0.15, 0.2) is 12.2 Å². The second-order valence-corrected chi connectivity index (χ2v) is 14.7. The van der Waals surface area contributed by atoms with Crippen molar-refractivity contribution in [3.63, 3.8) is 0 Å². The van der Waals surface area contributed by atoms with Crippen molar-refractivity contribution in [1.82, 2.24) is 0 Å². The van der Waals surface area contributed by atoms with Crippen LogP contribution in [0.2, 0.25) is 0 Å². The fourth-order valence-electron chi connectivity index (χ4n) is 11.7. The molecule has 0 unspecified atom stereocenters. The molecule has 5 aliphatic rings. The third kappa shape index (κ3) is 2.83. The number of hydrogen-bond acceptors (Lipinski definition) is 2. The zero-order valence-electron chi connectivity index (χ0n) is 22.8. The predicted molar refractivity (Wildman–Crippen MR) is 137 cm³/mol. The van der Waals surface area contributed by atoms with Crippen LogP contribution in [0.25, 0.3) is 0 Å². The van der Waals surface area contributed by atoms with Crippen LogP contribution < -0.4 is 0 Å². The van der Waals surface area contributed by atoms with Crippen LogP contribution >= 0.6 is 0 Å². The summed E-state index contributed by atoms with van der Waals surface area (Å²) in [5.74, 6) is 1.82. The maximum Gasteiger partial charge on any atom is 0.309 e. The fourth-order valence-corrected chi connectivity index (χ4v) is 11.7. The number of aliphatic hydroxyl groups is 1. The number of allylic oxidation sites excluding steroid dienone is 1. The van der Waals surface area contributed by atoms with Gasteiger partial charge in [-0.05, 0) is 122 Å². The van der Waals surface area contributed by atoms with Crippen LogP contribution in [0.1, 0.15) is 112 Å². The van der Waals surface area contributed by atoms with Gasteiger partial charge in [0.15, 0.2) is 0 Å². The Bertz CT molecular complexity index is 876. The minimum Gasteiger partial charge on any atom is -0.481 e. The van der Waals surface area contributed by atoms with E-state index in [1.165, 1.54) is 31.3 Å². The van der Waals surface area contributed by atoms with E-state index in [0.29, 0.717) is 23.7 Å². The summed E-state index contributed by atoms with van der Waals surface area (Å²) in [4.78, 5) is 12.8. The number of carbonyl (C=O) groups is 1. The van der Waals surface area contributed by atoms with Crippen molar-refractivity contribution in [2.24, 2.45) is 56.7 Å². The molecular formula is C31H50O3. The molecule has 5 aliphatic carbocycles. The lowest BCUT2D eigenvalue weighted by Crippen LogP contribution is -2.67. The first-order valence-corrected chi connectivity index (χ1v) is 14.4. The van der Waals surface area contributed by atoms with E-state index in [-0.39, 0.29) is 33.7 Å². The van der Waals surface area contributed by atoms with Gasteiger partial charge in [0.05, 0.1) is 11.5 Å². The SMILES string of the molecule is C=C(CC)[C@@H]1CC[C@]2(C(=O)O)CC[C@]3(C)[C@H](CC[C@@H]4[C@@]5(C)CC[C@H](O)C(C)(C)[C@@H]5CC[C@]43C)[C@@H]12. The van der Waals surface area contributed by atoms with Gasteiger partial charge in [-0.2, -0.15) is 0 Å². The predicted octanol–water partition coefficient (Wildman–Crippen LogP) is 7.48. The summed E-state index contributed by atoms with van der Waals surface area (Å²) in [6.07, 6.45) is 11.5. The number of fused-ring (bicyclic) bond motifs is 7. The molecule has 0 aromatic carbocycles. The number of hydrogen-bond donors (Lipinski definition) is 2. The van der Waals surface area contributed by atoms with Gasteiger partial charge < -0.3 is 10.2 Å². The van der Waals surface area contributed by atoms with Crippen LogP contribution in [-0.4, -0.2) is 22.3 Å². The number of carboxylic acids is 1. The van der Waals surface area contributed by atoms with Gasteiger partial charge >= 0.3 is 5.97 Å². The van der Waals surface area contributed by atoms with Gasteiger partial charge in [0, 0.05) is 0 Å². The van der Waals surface area contributed by atoms with Gasteiger partial charge in [0.1, 0.15) is 0 Å². The van der Waals surface area contributed by atoms with E-state index in [1.807, 2.05) is 0 Å². The van der Waals surface area contributed by atoms with Crippen molar-refractivity contribution < 1.29 is 15.0 Å². The Hall–Kier alpha value is -0.830. The molecule has 5 saturated carbocycles. The topological polar surface area (TPSA) is 57.5 Å². The number of rotatable bonds is 3. The second-order valence-electron chi connectivity index (χ2n) is 14.7. The van der Waals surface area contributed by atoms with Crippen molar-refractivity contribution in [2.75, 3.05) is 0 Å². The number of aliphatic hydroxyl groups excluding tert-OH is 1. The van der Waals surface area contributed by atoms with Gasteiger partial charge in [-0.15, -0.1) is 0 Å². The molecule has 2 N–H and O–H groups in total. The van der Waals surface area contributed by atoms with Crippen LogP contribution in [0.5, 0.6) is 0 Å². The van der Waals surface area contributed by atoms with Crippen LogP contribution in [0.4, 0.5) is 0 Å². The largest absolute Gasteiger partial charge is 0.481 e. The first-order chi connectivity index (χ1) is 15.8. The molecule has 5 rings (SSSR count). The van der Waals surface area contributed by atoms with Crippen LogP contribution in [0.3, 0.4) is 0 Å². The van der Waals surface area contributed by atoms with Gasteiger partial charge in [0.2, 0.25) is 0 Å². The standard InChI is InChI=1S/C31H50O3/c1-8-19(2)20-11-16-31(26(33)34)18-17-29(6)21(25(20)31)9-10-23-28(5)14-13-24(32)27(3,4)22(28)12-15-30(23,29)7/h20-25,32H,2,8-18H2,1,3-7H3,(H,33,34)/t20-,21+,22-,23+,24-,25+,28-,29+,30+,31-/m0/s1. The maximum atomic E-state index is 12.8. The van der Waals surface area contributed by atoms with Gasteiger partial charge in [0.25, 0.3) is 0 Å². The first-order valence-electron chi connectivity index (χ1n) is 14.4. The molecule has 0 spiro atoms. The highest BCUT2D eigenvalue weighted by Gasteiger charge is 2.72. The Labute approximate surface area is 208 Å². The average molecular weight is 471 g/mol. The maximum absolute atomic E-state index is 12.8. The lowest BCUT2D eigenvalue weighted by atomic mass is 9.32. The van der Waals surface area contributed by atoms with Crippen molar-refractivity contribution in [2.45, 2.75) is 118 Å². The molecule has 192 valence electrons. The summed E-state index contributed by atoms with van der Waals surface area (Å²) >= 11 is 0. The number of carboxylic acid groups (broad SMARTS) is 1. The molecule has 3 nitrogen and oxygen atoms in total. The molecule has 0 radical (unpaired) electrons.